The second-order valence-electron chi connectivity index (χ2n) is 4.02. The van der Waals surface area contributed by atoms with Crippen LogP contribution < -0.4 is 5.32 Å². The van der Waals surface area contributed by atoms with Crippen LogP contribution in [-0.2, 0) is 0 Å². The van der Waals surface area contributed by atoms with Gasteiger partial charge in [0, 0.05) is 24.9 Å². The first-order chi connectivity index (χ1) is 8.06. The summed E-state index contributed by atoms with van der Waals surface area (Å²) in [6.07, 6.45) is 0. The second kappa shape index (κ2) is 5.55. The molecule has 1 aromatic carbocycles. The zero-order valence-corrected chi connectivity index (χ0v) is 13.6. The van der Waals surface area contributed by atoms with E-state index < -0.39 is 0 Å². The fraction of sp³-hybridized carbons (Fsp3) is 0.231. The van der Waals surface area contributed by atoms with Crippen molar-refractivity contribution in [2.24, 2.45) is 0 Å². The minimum Gasteiger partial charge on any atom is -0.377 e. The minimum atomic E-state index is 0.310. The topological polar surface area (TPSA) is 12.0 Å². The van der Waals surface area contributed by atoms with Gasteiger partial charge in [0.2, 0.25) is 0 Å². The molecule has 0 amide bonds. The Hall–Kier alpha value is -0.320. The summed E-state index contributed by atoms with van der Waals surface area (Å²) in [6, 6.07) is 8.82. The molecule has 0 saturated carbocycles. The molecule has 1 aromatic heterocycles. The van der Waals surface area contributed by atoms with Crippen LogP contribution in [0.1, 0.15) is 23.4 Å². The molecular weight excluding hydrogens is 362 g/mol. The lowest BCUT2D eigenvalue weighted by molar-refractivity contribution is 0.906. The molecule has 1 nitrogen and oxygen atoms in total. The predicted molar refractivity (Wildman–Crippen MR) is 82.9 cm³/mol. The summed E-state index contributed by atoms with van der Waals surface area (Å²) >= 11 is 8.83. The number of benzene rings is 1. The fourth-order valence-electron chi connectivity index (χ4n) is 1.60. The number of nitrogens with one attached hydrogen (secondary N) is 1. The van der Waals surface area contributed by atoms with Gasteiger partial charge in [-0.25, -0.2) is 0 Å². The summed E-state index contributed by atoms with van der Waals surface area (Å²) in [7, 11) is 0. The maximum Gasteiger partial charge on any atom is 0.0579 e. The molecule has 0 radical (unpaired) electrons. The van der Waals surface area contributed by atoms with E-state index in [4.69, 9.17) is 0 Å². The quantitative estimate of drug-likeness (QED) is 0.720. The van der Waals surface area contributed by atoms with E-state index in [0.29, 0.717) is 6.04 Å². The first-order valence-corrected chi connectivity index (χ1v) is 7.79. The monoisotopic (exact) mass is 373 g/mol. The molecule has 90 valence electrons. The molecule has 4 heteroatoms. The van der Waals surface area contributed by atoms with Crippen molar-refractivity contribution in [2.45, 2.75) is 19.9 Å². The Kier molecular flexibility index (Phi) is 4.28. The number of hydrogen-bond acceptors (Lipinski definition) is 2. The Morgan fingerprint density at radius 3 is 2.59 bits per heavy atom. The van der Waals surface area contributed by atoms with Gasteiger partial charge >= 0.3 is 0 Å². The molecule has 0 bridgehead atoms. The van der Waals surface area contributed by atoms with E-state index >= 15 is 0 Å². The number of halogens is 2. The Balaban J connectivity index is 2.15. The number of anilines is 1. The van der Waals surface area contributed by atoms with Crippen LogP contribution in [-0.4, -0.2) is 0 Å². The zero-order chi connectivity index (χ0) is 12.4. The van der Waals surface area contributed by atoms with Crippen molar-refractivity contribution in [1.29, 1.82) is 0 Å². The van der Waals surface area contributed by atoms with Crippen molar-refractivity contribution < 1.29 is 0 Å². The van der Waals surface area contributed by atoms with Crippen molar-refractivity contribution in [2.75, 3.05) is 5.32 Å². The number of hydrogen-bond donors (Lipinski definition) is 1. The van der Waals surface area contributed by atoms with Crippen LogP contribution in [0.4, 0.5) is 5.69 Å². The lowest BCUT2D eigenvalue weighted by Crippen LogP contribution is -2.05. The highest BCUT2D eigenvalue weighted by Gasteiger charge is 2.09. The molecule has 1 N–H and O–H groups in total. The molecule has 17 heavy (non-hydrogen) atoms. The highest BCUT2D eigenvalue weighted by atomic mass is 79.9. The highest BCUT2D eigenvalue weighted by Crippen LogP contribution is 2.31. The van der Waals surface area contributed by atoms with Gasteiger partial charge in [-0.2, -0.15) is 0 Å². The van der Waals surface area contributed by atoms with Crippen molar-refractivity contribution in [3.05, 3.63) is 49.0 Å². The van der Waals surface area contributed by atoms with Gasteiger partial charge in [-0.05, 0) is 69.5 Å². The van der Waals surface area contributed by atoms with Crippen molar-refractivity contribution >= 4 is 48.9 Å². The van der Waals surface area contributed by atoms with E-state index in [1.54, 1.807) is 11.3 Å². The number of aryl methyl sites for hydroxylation is 1. The Bertz CT molecular complexity index is 522. The van der Waals surface area contributed by atoms with Crippen molar-refractivity contribution in [3.63, 3.8) is 0 Å². The van der Waals surface area contributed by atoms with Crippen LogP contribution in [0.15, 0.2) is 38.6 Å². The summed E-state index contributed by atoms with van der Waals surface area (Å²) in [5.74, 6) is 0. The summed E-state index contributed by atoms with van der Waals surface area (Å²) in [6.45, 7) is 4.26. The van der Waals surface area contributed by atoms with Gasteiger partial charge in [-0.15, -0.1) is 11.3 Å². The smallest absolute Gasteiger partial charge is 0.0579 e. The molecule has 1 unspecified atom stereocenters. The lowest BCUT2D eigenvalue weighted by atomic mass is 10.2. The van der Waals surface area contributed by atoms with Gasteiger partial charge in [-0.1, -0.05) is 6.07 Å². The minimum absolute atomic E-state index is 0.310. The van der Waals surface area contributed by atoms with Gasteiger partial charge in [-0.3, -0.25) is 0 Å². The fourth-order valence-corrected chi connectivity index (χ4v) is 3.66. The lowest BCUT2D eigenvalue weighted by Gasteiger charge is -2.15. The zero-order valence-electron chi connectivity index (χ0n) is 9.63. The van der Waals surface area contributed by atoms with E-state index in [1.165, 1.54) is 10.4 Å². The van der Waals surface area contributed by atoms with Crippen molar-refractivity contribution in [1.82, 2.24) is 0 Å². The van der Waals surface area contributed by atoms with E-state index in [0.717, 1.165) is 14.6 Å². The Morgan fingerprint density at radius 1 is 1.24 bits per heavy atom. The number of rotatable bonds is 3. The molecule has 0 aliphatic heterocycles. The van der Waals surface area contributed by atoms with Crippen LogP contribution in [0.2, 0.25) is 0 Å². The van der Waals surface area contributed by atoms with Gasteiger partial charge in [0.1, 0.15) is 0 Å². The summed E-state index contributed by atoms with van der Waals surface area (Å²) in [5, 5.41) is 5.62. The van der Waals surface area contributed by atoms with Gasteiger partial charge in [0.05, 0.1) is 6.04 Å². The average Bonchev–Trinajstić information content (AvgIpc) is 2.69. The Labute approximate surface area is 123 Å². The van der Waals surface area contributed by atoms with Crippen LogP contribution >= 0.6 is 43.2 Å². The summed E-state index contributed by atoms with van der Waals surface area (Å²) in [4.78, 5) is 1.32. The molecule has 1 heterocycles. The Morgan fingerprint density at radius 2 is 2.00 bits per heavy atom. The van der Waals surface area contributed by atoms with E-state index in [2.05, 4.69) is 80.7 Å². The first-order valence-electron chi connectivity index (χ1n) is 5.33. The first kappa shape index (κ1) is 13.1. The largest absolute Gasteiger partial charge is 0.377 e. The maximum absolute atomic E-state index is 3.58. The van der Waals surface area contributed by atoms with Gasteiger partial charge in [0.15, 0.2) is 0 Å². The summed E-state index contributed by atoms with van der Waals surface area (Å²) < 4.78 is 2.26. The SMILES string of the molecule is Cc1ccc(NC(C)c2cc(Br)cs2)c(Br)c1. The van der Waals surface area contributed by atoms with E-state index in [-0.39, 0.29) is 0 Å². The molecular formula is C13H13Br2NS. The van der Waals surface area contributed by atoms with Gasteiger partial charge in [0.25, 0.3) is 0 Å². The van der Waals surface area contributed by atoms with Crippen LogP contribution in [0.3, 0.4) is 0 Å². The third kappa shape index (κ3) is 3.33. The molecule has 2 rings (SSSR count). The van der Waals surface area contributed by atoms with Gasteiger partial charge < -0.3 is 5.32 Å². The number of thiophene rings is 1. The average molecular weight is 375 g/mol. The third-order valence-corrected chi connectivity index (χ3v) is 5.04. The molecule has 0 fully saturated rings. The standard InChI is InChI=1S/C13H13Br2NS/c1-8-3-4-12(11(15)5-8)16-9(2)13-6-10(14)7-17-13/h3-7,9,16H,1-2H3. The molecule has 2 aromatic rings. The second-order valence-corrected chi connectivity index (χ2v) is 6.73. The maximum atomic E-state index is 3.58. The third-order valence-electron chi connectivity index (χ3n) is 2.51. The predicted octanol–water partition coefficient (Wildman–Crippen LogP) is 5.75. The molecule has 1 atom stereocenters. The van der Waals surface area contributed by atoms with Crippen LogP contribution in [0.5, 0.6) is 0 Å². The molecule has 0 saturated heterocycles. The molecule has 0 aliphatic rings. The van der Waals surface area contributed by atoms with Crippen LogP contribution in [0.25, 0.3) is 0 Å². The normalized spacial score (nSPS) is 12.5. The highest BCUT2D eigenvalue weighted by molar-refractivity contribution is 9.10. The van der Waals surface area contributed by atoms with E-state index in [9.17, 15) is 0 Å². The van der Waals surface area contributed by atoms with Crippen molar-refractivity contribution in [3.8, 4) is 0 Å². The summed E-state index contributed by atoms with van der Waals surface area (Å²) in [5.41, 5.74) is 2.39. The molecule has 0 spiro atoms. The van der Waals surface area contributed by atoms with Crippen LogP contribution in [0, 0.1) is 6.92 Å². The molecule has 0 aliphatic carbocycles. The van der Waals surface area contributed by atoms with E-state index in [1.807, 2.05) is 0 Å².